The monoisotopic (exact) mass is 676 g/mol. The van der Waals surface area contributed by atoms with Crippen molar-refractivity contribution in [1.82, 2.24) is 29.4 Å². The average molecular weight is 677 g/mol. The predicted molar refractivity (Wildman–Crippen MR) is 183 cm³/mol. The van der Waals surface area contributed by atoms with Gasteiger partial charge in [0.2, 0.25) is 5.43 Å². The fraction of sp³-hybridized carbons (Fsp3) is 0.457. The number of rotatable bonds is 9. The molecule has 0 atom stereocenters. The Kier molecular flexibility index (Phi) is 11.1. The Morgan fingerprint density at radius 1 is 0.694 bits per heavy atom. The largest absolute Gasteiger partial charge is 0.480 e. The fourth-order valence-electron chi connectivity index (χ4n) is 6.06. The number of benzene rings is 2. The molecule has 4 aromatic rings. The second-order valence-electron chi connectivity index (χ2n) is 13.6. The van der Waals surface area contributed by atoms with E-state index in [0.717, 1.165) is 11.3 Å². The first kappa shape index (κ1) is 35.7. The molecule has 2 aromatic heterocycles. The van der Waals surface area contributed by atoms with E-state index in [0.29, 0.717) is 86.5 Å². The summed E-state index contributed by atoms with van der Waals surface area (Å²) in [7, 11) is 0. The number of hydrogen-bond acceptors (Lipinski definition) is 10. The van der Waals surface area contributed by atoms with Crippen LogP contribution < -0.4 is 5.43 Å². The van der Waals surface area contributed by atoms with Crippen LogP contribution in [0.5, 0.6) is 0 Å². The van der Waals surface area contributed by atoms with E-state index >= 15 is 0 Å². The Balaban J connectivity index is 1.35. The van der Waals surface area contributed by atoms with Crippen LogP contribution in [0.2, 0.25) is 0 Å². The Bertz CT molecular complexity index is 1850. The van der Waals surface area contributed by atoms with Crippen LogP contribution >= 0.6 is 0 Å². The van der Waals surface area contributed by atoms with Crippen LogP contribution in [0.1, 0.15) is 32.0 Å². The standard InChI is InChI=1S/C35H44N6O8/c1-35(2,3)24-4-7-29-28(18-24)34(48)27-6-5-26(19-30(27)49-29)41-9-8-25(36-41)20-37-10-12-38(21-31(42)43)14-16-40(23-33(46)47)17-15-39(13-11-37)22-32(44)45/h4-9,18-19H,10-17,20-23H2,1-3H3,(H,42,43)(H,44,45)(H,46,47). The van der Waals surface area contributed by atoms with Crippen molar-refractivity contribution in [1.29, 1.82) is 0 Å². The summed E-state index contributed by atoms with van der Waals surface area (Å²) in [6.45, 7) is 9.36. The lowest BCUT2D eigenvalue weighted by Crippen LogP contribution is -2.48. The summed E-state index contributed by atoms with van der Waals surface area (Å²) in [6.07, 6.45) is 1.83. The highest BCUT2D eigenvalue weighted by molar-refractivity contribution is 5.90. The van der Waals surface area contributed by atoms with Gasteiger partial charge < -0.3 is 19.7 Å². The molecular weight excluding hydrogens is 632 g/mol. The number of carboxylic acids is 3. The van der Waals surface area contributed by atoms with E-state index < -0.39 is 17.9 Å². The molecule has 1 fully saturated rings. The van der Waals surface area contributed by atoms with Crippen molar-refractivity contribution < 1.29 is 34.1 Å². The van der Waals surface area contributed by atoms with Crippen molar-refractivity contribution in [2.45, 2.75) is 32.7 Å². The smallest absolute Gasteiger partial charge is 0.317 e. The SMILES string of the molecule is CC(C)(C)c1ccc2oc3cc(-n4ccc(CN5CCN(CC(=O)O)CCN(CC(=O)O)CCN(CC(=O)O)CC5)n4)ccc3c(=O)c2c1. The molecule has 0 spiro atoms. The van der Waals surface area contributed by atoms with E-state index in [-0.39, 0.29) is 30.5 Å². The highest BCUT2D eigenvalue weighted by atomic mass is 16.4. The van der Waals surface area contributed by atoms with Gasteiger partial charge in [-0.1, -0.05) is 26.8 Å². The lowest BCUT2D eigenvalue weighted by Gasteiger charge is -2.32. The predicted octanol–water partition coefficient (Wildman–Crippen LogP) is 2.40. The molecule has 5 rings (SSSR count). The van der Waals surface area contributed by atoms with Crippen molar-refractivity contribution in [3.63, 3.8) is 0 Å². The fourth-order valence-corrected chi connectivity index (χ4v) is 6.06. The lowest BCUT2D eigenvalue weighted by atomic mass is 9.86. The van der Waals surface area contributed by atoms with Gasteiger partial charge >= 0.3 is 17.9 Å². The normalized spacial score (nSPS) is 16.8. The summed E-state index contributed by atoms with van der Waals surface area (Å²) in [5.41, 5.74) is 3.30. The first-order valence-corrected chi connectivity index (χ1v) is 16.4. The minimum atomic E-state index is -0.997. The third kappa shape index (κ3) is 9.50. The summed E-state index contributed by atoms with van der Waals surface area (Å²) in [5, 5.41) is 34.2. The number of fused-ring (bicyclic) bond motifs is 2. The quantitative estimate of drug-likeness (QED) is 0.221. The van der Waals surface area contributed by atoms with Crippen LogP contribution in [0, 0.1) is 0 Å². The maximum Gasteiger partial charge on any atom is 0.317 e. The molecule has 3 N–H and O–H groups in total. The van der Waals surface area contributed by atoms with Gasteiger partial charge in [-0.2, -0.15) is 5.10 Å². The summed E-state index contributed by atoms with van der Waals surface area (Å²) in [6, 6.07) is 13.0. The van der Waals surface area contributed by atoms with Crippen LogP contribution in [0.4, 0.5) is 0 Å². The first-order chi connectivity index (χ1) is 23.2. The highest BCUT2D eigenvalue weighted by Crippen LogP contribution is 2.27. The second kappa shape index (κ2) is 15.3. The first-order valence-electron chi connectivity index (χ1n) is 16.4. The number of hydrogen-bond donors (Lipinski definition) is 3. The molecule has 0 amide bonds. The maximum absolute atomic E-state index is 13.4. The Labute approximate surface area is 283 Å². The van der Waals surface area contributed by atoms with E-state index in [1.54, 1.807) is 31.5 Å². The van der Waals surface area contributed by atoms with Gasteiger partial charge in [-0.3, -0.25) is 38.8 Å². The zero-order chi connectivity index (χ0) is 35.3. The molecule has 1 aliphatic heterocycles. The van der Waals surface area contributed by atoms with Gasteiger partial charge in [-0.25, -0.2) is 4.68 Å². The Morgan fingerprint density at radius 3 is 1.73 bits per heavy atom. The van der Waals surface area contributed by atoms with Gasteiger partial charge in [0, 0.05) is 71.2 Å². The third-order valence-corrected chi connectivity index (χ3v) is 8.82. The van der Waals surface area contributed by atoms with Gasteiger partial charge in [0.05, 0.1) is 41.8 Å². The minimum Gasteiger partial charge on any atom is -0.480 e. The summed E-state index contributed by atoms with van der Waals surface area (Å²) < 4.78 is 7.89. The van der Waals surface area contributed by atoms with Gasteiger partial charge in [-0.15, -0.1) is 0 Å². The minimum absolute atomic E-state index is 0.0890. The number of carbonyl (C=O) groups is 3. The molecule has 1 aliphatic rings. The molecule has 262 valence electrons. The summed E-state index contributed by atoms with van der Waals surface area (Å²) in [4.78, 5) is 55.5. The van der Waals surface area contributed by atoms with Gasteiger partial charge in [0.1, 0.15) is 11.2 Å². The van der Waals surface area contributed by atoms with Gasteiger partial charge in [0.15, 0.2) is 0 Å². The molecule has 0 saturated carbocycles. The van der Waals surface area contributed by atoms with E-state index in [2.05, 4.69) is 25.7 Å². The molecule has 2 aromatic carbocycles. The van der Waals surface area contributed by atoms with Crippen LogP contribution in [-0.2, 0) is 26.3 Å². The van der Waals surface area contributed by atoms with E-state index in [4.69, 9.17) is 9.52 Å². The molecule has 49 heavy (non-hydrogen) atoms. The molecule has 0 bridgehead atoms. The average Bonchev–Trinajstić information content (AvgIpc) is 3.49. The highest BCUT2D eigenvalue weighted by Gasteiger charge is 2.21. The van der Waals surface area contributed by atoms with E-state index in [9.17, 15) is 34.5 Å². The zero-order valence-electron chi connectivity index (χ0n) is 28.2. The number of aliphatic carboxylic acids is 3. The van der Waals surface area contributed by atoms with Crippen molar-refractivity contribution >= 4 is 39.8 Å². The maximum atomic E-state index is 13.4. The van der Waals surface area contributed by atoms with Crippen molar-refractivity contribution in [2.24, 2.45) is 0 Å². The molecule has 0 unspecified atom stereocenters. The number of carboxylic acid groups (broad SMARTS) is 3. The number of aromatic nitrogens is 2. The van der Waals surface area contributed by atoms with Gasteiger partial charge in [-0.05, 0) is 41.3 Å². The molecular formula is C35H44N6O8. The molecule has 0 aliphatic carbocycles. The lowest BCUT2D eigenvalue weighted by molar-refractivity contribution is -0.140. The number of nitrogens with zero attached hydrogens (tertiary/aromatic N) is 6. The topological polar surface area (TPSA) is 173 Å². The van der Waals surface area contributed by atoms with Crippen LogP contribution in [0.3, 0.4) is 0 Å². The molecule has 14 nitrogen and oxygen atoms in total. The second-order valence-corrected chi connectivity index (χ2v) is 13.6. The molecule has 0 radical (unpaired) electrons. The van der Waals surface area contributed by atoms with E-state index in [1.807, 2.05) is 36.5 Å². The Morgan fingerprint density at radius 2 is 1.22 bits per heavy atom. The molecule has 14 heteroatoms. The van der Waals surface area contributed by atoms with Crippen molar-refractivity contribution in [3.8, 4) is 5.69 Å². The third-order valence-electron chi connectivity index (χ3n) is 8.82. The van der Waals surface area contributed by atoms with Crippen molar-refractivity contribution in [3.05, 3.63) is 70.1 Å². The van der Waals surface area contributed by atoms with E-state index in [1.165, 1.54) is 0 Å². The summed E-state index contributed by atoms with van der Waals surface area (Å²) >= 11 is 0. The Hall–Kier alpha value is -4.63. The molecule has 3 heterocycles. The van der Waals surface area contributed by atoms with Crippen molar-refractivity contribution in [2.75, 3.05) is 72.0 Å². The van der Waals surface area contributed by atoms with Crippen LogP contribution in [0.25, 0.3) is 27.6 Å². The van der Waals surface area contributed by atoms with Crippen LogP contribution in [0.15, 0.2) is 57.9 Å². The van der Waals surface area contributed by atoms with Crippen LogP contribution in [-0.4, -0.2) is 135 Å². The summed E-state index contributed by atoms with van der Waals surface area (Å²) in [5.74, 6) is -2.93. The molecule has 1 saturated heterocycles. The zero-order valence-corrected chi connectivity index (χ0v) is 28.2. The van der Waals surface area contributed by atoms with Gasteiger partial charge in [0.25, 0.3) is 0 Å².